The molecule has 3 nitrogen and oxygen atoms in total. The van der Waals surface area contributed by atoms with Gasteiger partial charge in [-0.3, -0.25) is 0 Å². The number of carbonyl (C=O) groups is 1. The Morgan fingerprint density at radius 2 is 1.85 bits per heavy atom. The van der Waals surface area contributed by atoms with Gasteiger partial charge in [-0.05, 0) is 24.6 Å². The Bertz CT molecular complexity index is 609. The van der Waals surface area contributed by atoms with Crippen molar-refractivity contribution in [1.29, 1.82) is 0 Å². The number of ether oxygens (including phenoxy) is 2. The molecule has 2 aromatic rings. The normalized spacial score (nSPS) is 10.2. The molecule has 0 aliphatic carbocycles. The van der Waals surface area contributed by atoms with Crippen LogP contribution < -0.4 is 4.74 Å². The van der Waals surface area contributed by atoms with Gasteiger partial charge in [0.2, 0.25) is 0 Å². The van der Waals surface area contributed by atoms with Gasteiger partial charge in [0.15, 0.2) is 0 Å². The highest BCUT2D eigenvalue weighted by atomic mass is 35.5. The maximum atomic E-state index is 11.8. The van der Waals surface area contributed by atoms with E-state index in [1.54, 1.807) is 12.1 Å². The van der Waals surface area contributed by atoms with Crippen molar-refractivity contribution in [3.05, 3.63) is 64.2 Å². The lowest BCUT2D eigenvalue weighted by Crippen LogP contribution is -2.07. The van der Waals surface area contributed by atoms with Crippen molar-refractivity contribution in [2.75, 3.05) is 7.11 Å². The van der Waals surface area contributed by atoms with Crippen LogP contribution in [0.25, 0.3) is 0 Å². The van der Waals surface area contributed by atoms with Gasteiger partial charge >= 0.3 is 5.97 Å². The molecule has 0 heterocycles. The molecule has 2 aromatic carbocycles. The van der Waals surface area contributed by atoms with E-state index in [1.807, 2.05) is 37.3 Å². The van der Waals surface area contributed by atoms with E-state index in [9.17, 15) is 4.79 Å². The van der Waals surface area contributed by atoms with Crippen LogP contribution in [0, 0.1) is 6.92 Å². The largest absolute Gasteiger partial charge is 0.488 e. The van der Waals surface area contributed by atoms with E-state index in [4.69, 9.17) is 21.1 Å². The number of rotatable bonds is 4. The molecule has 0 saturated carbocycles. The molecule has 0 aliphatic rings. The number of benzene rings is 2. The summed E-state index contributed by atoms with van der Waals surface area (Å²) in [5.41, 5.74) is 2.12. The molecular formula is C16H15ClO3. The minimum atomic E-state index is -0.437. The van der Waals surface area contributed by atoms with Crippen molar-refractivity contribution in [3.8, 4) is 5.75 Å². The van der Waals surface area contributed by atoms with Crippen LogP contribution in [0.15, 0.2) is 42.5 Å². The Balaban J connectivity index is 2.29. The molecule has 0 unspecified atom stereocenters. The second-order valence-corrected chi connectivity index (χ2v) is 4.72. The van der Waals surface area contributed by atoms with Crippen molar-refractivity contribution in [3.63, 3.8) is 0 Å². The summed E-state index contributed by atoms with van der Waals surface area (Å²) < 4.78 is 10.5. The first-order valence-corrected chi connectivity index (χ1v) is 6.55. The number of esters is 1. The highest BCUT2D eigenvalue weighted by molar-refractivity contribution is 6.31. The molecule has 0 spiro atoms. The van der Waals surface area contributed by atoms with Crippen LogP contribution in [0.3, 0.4) is 0 Å². The maximum absolute atomic E-state index is 11.8. The quantitative estimate of drug-likeness (QED) is 0.798. The van der Waals surface area contributed by atoms with Crippen LogP contribution in [-0.2, 0) is 11.3 Å². The van der Waals surface area contributed by atoms with E-state index in [-0.39, 0.29) is 0 Å². The first kappa shape index (κ1) is 14.4. The van der Waals surface area contributed by atoms with Gasteiger partial charge in [0.25, 0.3) is 0 Å². The van der Waals surface area contributed by atoms with Crippen molar-refractivity contribution in [2.45, 2.75) is 13.5 Å². The smallest absolute Gasteiger partial charge is 0.341 e. The summed E-state index contributed by atoms with van der Waals surface area (Å²) in [5, 5.41) is 0.556. The molecule has 0 saturated heterocycles. The molecule has 0 fully saturated rings. The van der Waals surface area contributed by atoms with Gasteiger partial charge in [-0.1, -0.05) is 41.9 Å². The van der Waals surface area contributed by atoms with Crippen LogP contribution in [0.1, 0.15) is 21.5 Å². The van der Waals surface area contributed by atoms with Crippen molar-refractivity contribution in [2.24, 2.45) is 0 Å². The van der Waals surface area contributed by atoms with E-state index in [2.05, 4.69) is 0 Å². The second kappa shape index (κ2) is 6.44. The molecule has 2 rings (SSSR count). The molecule has 0 N–H and O–H groups in total. The minimum Gasteiger partial charge on any atom is -0.488 e. The lowest BCUT2D eigenvalue weighted by Gasteiger charge is -2.14. The Kier molecular flexibility index (Phi) is 4.64. The highest BCUT2D eigenvalue weighted by Crippen LogP contribution is 2.31. The summed E-state index contributed by atoms with van der Waals surface area (Å²) in [4.78, 5) is 11.8. The summed E-state index contributed by atoms with van der Waals surface area (Å²) >= 11 is 6.08. The first-order chi connectivity index (χ1) is 9.63. The van der Waals surface area contributed by atoms with Crippen LogP contribution >= 0.6 is 11.6 Å². The number of carbonyl (C=O) groups excluding carboxylic acids is 1. The molecule has 20 heavy (non-hydrogen) atoms. The summed E-state index contributed by atoms with van der Waals surface area (Å²) in [6.45, 7) is 2.18. The lowest BCUT2D eigenvalue weighted by atomic mass is 10.1. The maximum Gasteiger partial charge on any atom is 0.341 e. The fourth-order valence-corrected chi connectivity index (χ4v) is 2.00. The highest BCUT2D eigenvalue weighted by Gasteiger charge is 2.17. The Labute approximate surface area is 123 Å². The van der Waals surface area contributed by atoms with Gasteiger partial charge in [0.05, 0.1) is 7.11 Å². The monoisotopic (exact) mass is 290 g/mol. The molecule has 0 bridgehead atoms. The third-order valence-corrected chi connectivity index (χ3v) is 3.38. The van der Waals surface area contributed by atoms with Crippen molar-refractivity contribution < 1.29 is 14.3 Å². The number of hydrogen-bond acceptors (Lipinski definition) is 3. The van der Waals surface area contributed by atoms with Gasteiger partial charge < -0.3 is 9.47 Å². The summed E-state index contributed by atoms with van der Waals surface area (Å²) in [6, 6.07) is 13.0. The van der Waals surface area contributed by atoms with Crippen molar-refractivity contribution in [1.82, 2.24) is 0 Å². The minimum absolute atomic E-state index is 0.367. The summed E-state index contributed by atoms with van der Waals surface area (Å²) in [7, 11) is 1.34. The van der Waals surface area contributed by atoms with Crippen LogP contribution in [0.5, 0.6) is 5.75 Å². The average molecular weight is 291 g/mol. The summed E-state index contributed by atoms with van der Waals surface area (Å²) in [5.74, 6) is 0.0287. The predicted octanol–water partition coefficient (Wildman–Crippen LogP) is 4.01. The van der Waals surface area contributed by atoms with Gasteiger partial charge in [0.1, 0.15) is 17.9 Å². The number of halogens is 1. The number of hydrogen-bond donors (Lipinski definition) is 0. The van der Waals surface area contributed by atoms with Crippen molar-refractivity contribution >= 4 is 17.6 Å². The lowest BCUT2D eigenvalue weighted by molar-refractivity contribution is 0.0595. The van der Waals surface area contributed by atoms with E-state index in [1.165, 1.54) is 7.11 Å². The van der Waals surface area contributed by atoms with E-state index in [0.29, 0.717) is 22.9 Å². The zero-order valence-corrected chi connectivity index (χ0v) is 12.1. The molecule has 0 amide bonds. The fourth-order valence-electron chi connectivity index (χ4n) is 1.85. The zero-order valence-electron chi connectivity index (χ0n) is 11.4. The van der Waals surface area contributed by atoms with Gasteiger partial charge in [-0.2, -0.15) is 0 Å². The standard InChI is InChI=1S/C16H15ClO3/c1-11-14(17)9-8-13(16(18)19-2)15(11)20-10-12-6-4-3-5-7-12/h3-9H,10H2,1-2H3. The van der Waals surface area contributed by atoms with E-state index < -0.39 is 5.97 Å². The summed E-state index contributed by atoms with van der Waals surface area (Å²) in [6.07, 6.45) is 0. The van der Waals surface area contributed by atoms with E-state index >= 15 is 0 Å². The molecule has 4 heteroatoms. The Morgan fingerprint density at radius 3 is 2.50 bits per heavy atom. The van der Waals surface area contributed by atoms with Crippen LogP contribution in [0.2, 0.25) is 5.02 Å². The second-order valence-electron chi connectivity index (χ2n) is 4.31. The topological polar surface area (TPSA) is 35.5 Å². The predicted molar refractivity (Wildman–Crippen MR) is 78.3 cm³/mol. The third kappa shape index (κ3) is 3.11. The van der Waals surface area contributed by atoms with Crippen LogP contribution in [-0.4, -0.2) is 13.1 Å². The zero-order chi connectivity index (χ0) is 14.5. The Hall–Kier alpha value is -2.00. The SMILES string of the molecule is COC(=O)c1ccc(Cl)c(C)c1OCc1ccccc1. The molecule has 0 aliphatic heterocycles. The van der Waals surface area contributed by atoms with Gasteiger partial charge in [-0.25, -0.2) is 4.79 Å². The molecule has 0 atom stereocenters. The average Bonchev–Trinajstić information content (AvgIpc) is 2.49. The van der Waals surface area contributed by atoms with Gasteiger partial charge in [-0.15, -0.1) is 0 Å². The molecule has 0 radical (unpaired) electrons. The van der Waals surface area contributed by atoms with Gasteiger partial charge in [0, 0.05) is 10.6 Å². The Morgan fingerprint density at radius 1 is 1.15 bits per heavy atom. The molecular weight excluding hydrogens is 276 g/mol. The molecule has 0 aromatic heterocycles. The molecule has 104 valence electrons. The first-order valence-electron chi connectivity index (χ1n) is 6.17. The van der Waals surface area contributed by atoms with Crippen LogP contribution in [0.4, 0.5) is 0 Å². The third-order valence-electron chi connectivity index (χ3n) is 2.97. The fraction of sp³-hybridized carbons (Fsp3) is 0.188. The van der Waals surface area contributed by atoms with E-state index in [0.717, 1.165) is 11.1 Å². The number of methoxy groups -OCH3 is 1.